The van der Waals surface area contributed by atoms with E-state index in [0.29, 0.717) is 0 Å². The minimum Gasteiger partial charge on any atom is -0.307 e. The second kappa shape index (κ2) is 5.70. The molecule has 0 amide bonds. The zero-order chi connectivity index (χ0) is 13.9. The van der Waals surface area contributed by atoms with E-state index in [1.54, 1.807) is 0 Å². The summed E-state index contributed by atoms with van der Waals surface area (Å²) in [5, 5.41) is 8.09. The molecule has 104 valence electrons. The van der Waals surface area contributed by atoms with E-state index in [4.69, 9.17) is 0 Å². The maximum Gasteiger partial charge on any atom is 0.155 e. The highest BCUT2D eigenvalue weighted by atomic mass is 15.2. The van der Waals surface area contributed by atoms with Crippen molar-refractivity contribution in [2.45, 2.75) is 59.0 Å². The minimum atomic E-state index is 0.245. The number of rotatable bonds is 6. The molecule has 2 heterocycles. The highest BCUT2D eigenvalue weighted by molar-refractivity contribution is 5.38. The van der Waals surface area contributed by atoms with E-state index in [1.807, 2.05) is 23.7 Å². The zero-order valence-electron chi connectivity index (χ0n) is 12.4. The van der Waals surface area contributed by atoms with Gasteiger partial charge in [0.1, 0.15) is 0 Å². The third-order valence-electron chi connectivity index (χ3n) is 4.19. The monoisotopic (exact) mass is 260 g/mol. The van der Waals surface area contributed by atoms with Gasteiger partial charge in [-0.1, -0.05) is 20.8 Å². The summed E-state index contributed by atoms with van der Waals surface area (Å²) in [5.74, 6) is 0. The van der Waals surface area contributed by atoms with Gasteiger partial charge < -0.3 is 5.32 Å². The van der Waals surface area contributed by atoms with E-state index >= 15 is 0 Å². The first-order chi connectivity index (χ1) is 9.12. The topological polar surface area (TPSA) is 42.2 Å². The number of fused-ring (bicyclic) bond motifs is 1. The lowest BCUT2D eigenvalue weighted by Gasteiger charge is -2.32. The minimum absolute atomic E-state index is 0.245. The molecule has 0 saturated heterocycles. The van der Waals surface area contributed by atoms with Crippen molar-refractivity contribution >= 4 is 5.65 Å². The molecule has 0 aliphatic rings. The van der Waals surface area contributed by atoms with Crippen LogP contribution in [0, 0.1) is 6.92 Å². The second-order valence-corrected chi connectivity index (χ2v) is 5.25. The molecule has 0 atom stereocenters. The van der Waals surface area contributed by atoms with E-state index in [2.05, 4.69) is 42.4 Å². The first-order valence-electron chi connectivity index (χ1n) is 7.18. The van der Waals surface area contributed by atoms with E-state index in [0.717, 1.165) is 37.1 Å². The van der Waals surface area contributed by atoms with Crippen LogP contribution in [-0.4, -0.2) is 20.1 Å². The molecular formula is C15H24N4. The molecule has 0 aliphatic carbocycles. The fourth-order valence-electron chi connectivity index (χ4n) is 2.54. The fourth-order valence-corrected chi connectivity index (χ4v) is 2.54. The molecule has 0 bridgehead atoms. The molecule has 0 radical (unpaired) electrons. The molecule has 4 heteroatoms. The number of aryl methyl sites for hydroxylation is 1. The fraction of sp³-hybridized carbons (Fsp3) is 0.600. The summed E-state index contributed by atoms with van der Waals surface area (Å²) in [6.07, 6.45) is 7.45. The highest BCUT2D eigenvalue weighted by Gasteiger charge is 2.22. The van der Waals surface area contributed by atoms with Crippen LogP contribution in [0.5, 0.6) is 0 Å². The largest absolute Gasteiger partial charge is 0.307 e. The van der Waals surface area contributed by atoms with Gasteiger partial charge in [-0.15, -0.1) is 0 Å². The van der Waals surface area contributed by atoms with Gasteiger partial charge in [-0.25, -0.2) is 9.50 Å². The molecule has 0 spiro atoms. The van der Waals surface area contributed by atoms with Crippen LogP contribution in [-0.2, 0) is 6.54 Å². The number of hydrogen-bond donors (Lipinski definition) is 1. The molecule has 0 aliphatic heterocycles. The Balaban J connectivity index is 2.12. The van der Waals surface area contributed by atoms with Crippen molar-refractivity contribution in [3.05, 3.63) is 29.7 Å². The maximum absolute atomic E-state index is 4.44. The Kier molecular flexibility index (Phi) is 4.20. The number of aromatic nitrogens is 3. The van der Waals surface area contributed by atoms with Crippen molar-refractivity contribution in [3.63, 3.8) is 0 Å². The Morgan fingerprint density at radius 2 is 1.89 bits per heavy atom. The van der Waals surface area contributed by atoms with Crippen LogP contribution in [0.15, 0.2) is 18.5 Å². The maximum atomic E-state index is 4.44. The molecule has 0 saturated carbocycles. The van der Waals surface area contributed by atoms with E-state index in [9.17, 15) is 0 Å². The van der Waals surface area contributed by atoms with Crippen LogP contribution in [0.2, 0.25) is 0 Å². The van der Waals surface area contributed by atoms with E-state index in [-0.39, 0.29) is 5.54 Å². The summed E-state index contributed by atoms with van der Waals surface area (Å²) in [5.41, 5.74) is 3.33. The molecular weight excluding hydrogens is 236 g/mol. The first-order valence-corrected chi connectivity index (χ1v) is 7.18. The van der Waals surface area contributed by atoms with Crippen LogP contribution in [0.25, 0.3) is 5.65 Å². The SMILES string of the molecule is CCC(CC)(CC)NCc1cnc2cc(C)nn2c1. The average molecular weight is 260 g/mol. The van der Waals surface area contributed by atoms with Gasteiger partial charge in [-0.05, 0) is 26.2 Å². The van der Waals surface area contributed by atoms with E-state index < -0.39 is 0 Å². The second-order valence-electron chi connectivity index (χ2n) is 5.25. The standard InChI is InChI=1S/C15H24N4/c1-5-15(6-2,7-3)17-10-13-9-16-14-8-12(4)18-19(14)11-13/h8-9,11,17H,5-7,10H2,1-4H3. The molecule has 0 fully saturated rings. The normalized spacial score (nSPS) is 12.2. The summed E-state index contributed by atoms with van der Waals surface area (Å²) < 4.78 is 1.86. The van der Waals surface area contributed by atoms with Gasteiger partial charge in [0.15, 0.2) is 5.65 Å². The number of nitrogens with zero attached hydrogens (tertiary/aromatic N) is 3. The Hall–Kier alpha value is -1.42. The van der Waals surface area contributed by atoms with Crippen LogP contribution in [0.1, 0.15) is 51.3 Å². The third kappa shape index (κ3) is 2.95. The Bertz CT molecular complexity index is 532. The molecule has 19 heavy (non-hydrogen) atoms. The van der Waals surface area contributed by atoms with Gasteiger partial charge in [-0.3, -0.25) is 0 Å². The molecule has 0 unspecified atom stereocenters. The summed E-state index contributed by atoms with van der Waals surface area (Å²) in [6, 6.07) is 1.99. The van der Waals surface area contributed by atoms with Gasteiger partial charge >= 0.3 is 0 Å². The van der Waals surface area contributed by atoms with Gasteiger partial charge in [0.2, 0.25) is 0 Å². The van der Waals surface area contributed by atoms with Crippen molar-refractivity contribution < 1.29 is 0 Å². The predicted octanol–water partition coefficient (Wildman–Crippen LogP) is 3.10. The summed E-state index contributed by atoms with van der Waals surface area (Å²) in [7, 11) is 0. The van der Waals surface area contributed by atoms with Crippen molar-refractivity contribution in [3.8, 4) is 0 Å². The summed E-state index contributed by atoms with van der Waals surface area (Å²) >= 11 is 0. The predicted molar refractivity (Wildman–Crippen MR) is 78.2 cm³/mol. The lowest BCUT2D eigenvalue weighted by atomic mass is 9.89. The lowest BCUT2D eigenvalue weighted by molar-refractivity contribution is 0.287. The molecule has 2 aromatic heterocycles. The first kappa shape index (κ1) is 14.0. The van der Waals surface area contributed by atoms with Crippen molar-refractivity contribution in [1.82, 2.24) is 19.9 Å². The van der Waals surface area contributed by atoms with Crippen LogP contribution < -0.4 is 5.32 Å². The van der Waals surface area contributed by atoms with Crippen LogP contribution in [0.3, 0.4) is 0 Å². The van der Waals surface area contributed by atoms with Gasteiger partial charge in [0, 0.05) is 36.1 Å². The highest BCUT2D eigenvalue weighted by Crippen LogP contribution is 2.19. The van der Waals surface area contributed by atoms with Crippen molar-refractivity contribution in [2.24, 2.45) is 0 Å². The molecule has 4 nitrogen and oxygen atoms in total. The molecule has 2 aromatic rings. The Morgan fingerprint density at radius 1 is 1.21 bits per heavy atom. The molecule has 0 aromatic carbocycles. The Labute approximate surface area is 115 Å². The lowest BCUT2D eigenvalue weighted by Crippen LogP contribution is -2.43. The summed E-state index contributed by atoms with van der Waals surface area (Å²) in [6.45, 7) is 9.58. The van der Waals surface area contributed by atoms with Gasteiger partial charge in [0.05, 0.1) is 5.69 Å². The van der Waals surface area contributed by atoms with Gasteiger partial charge in [0.25, 0.3) is 0 Å². The average Bonchev–Trinajstić information content (AvgIpc) is 2.80. The van der Waals surface area contributed by atoms with Crippen molar-refractivity contribution in [2.75, 3.05) is 0 Å². The number of hydrogen-bond acceptors (Lipinski definition) is 3. The molecule has 2 rings (SSSR count). The smallest absolute Gasteiger partial charge is 0.155 e. The quantitative estimate of drug-likeness (QED) is 0.868. The zero-order valence-corrected chi connectivity index (χ0v) is 12.4. The number of nitrogens with one attached hydrogen (secondary N) is 1. The summed E-state index contributed by atoms with van der Waals surface area (Å²) in [4.78, 5) is 4.44. The van der Waals surface area contributed by atoms with Gasteiger partial charge in [-0.2, -0.15) is 5.10 Å². The van der Waals surface area contributed by atoms with Crippen molar-refractivity contribution in [1.29, 1.82) is 0 Å². The van der Waals surface area contributed by atoms with Crippen LogP contribution in [0.4, 0.5) is 0 Å². The molecule has 1 N–H and O–H groups in total. The third-order valence-corrected chi connectivity index (χ3v) is 4.19. The van der Waals surface area contributed by atoms with E-state index in [1.165, 1.54) is 5.56 Å². The van der Waals surface area contributed by atoms with Crippen LogP contribution >= 0.6 is 0 Å². The Morgan fingerprint density at radius 3 is 2.53 bits per heavy atom.